The minimum Gasteiger partial charge on any atom is -0.388 e. The van der Waals surface area contributed by atoms with Crippen molar-refractivity contribution in [3.05, 3.63) is 0 Å². The Bertz CT molecular complexity index is 203. The third kappa shape index (κ3) is 6.08. The van der Waals surface area contributed by atoms with Crippen LogP contribution in [-0.4, -0.2) is 35.7 Å². The zero-order valence-corrected chi connectivity index (χ0v) is 11.0. The zero-order valence-electron chi connectivity index (χ0n) is 11.0. The first-order chi connectivity index (χ1) is 7.47. The molecule has 0 aromatic rings. The normalized spacial score (nSPS) is 13.6. The first-order valence-corrected chi connectivity index (χ1v) is 6.19. The molecule has 0 aromatic heterocycles. The SMILES string of the molecule is CCC(C)NCC(=O)NCC(O)(CC)CC. The molecule has 4 heteroatoms. The number of nitrogens with one attached hydrogen (secondary N) is 2. The molecule has 0 bridgehead atoms. The molecule has 0 saturated heterocycles. The molecule has 0 aromatic carbocycles. The Morgan fingerprint density at radius 1 is 1.31 bits per heavy atom. The lowest BCUT2D eigenvalue weighted by molar-refractivity contribution is -0.121. The molecule has 0 aliphatic heterocycles. The van der Waals surface area contributed by atoms with Crippen molar-refractivity contribution < 1.29 is 9.90 Å². The van der Waals surface area contributed by atoms with Crippen LogP contribution in [0.15, 0.2) is 0 Å². The van der Waals surface area contributed by atoms with E-state index in [9.17, 15) is 9.90 Å². The largest absolute Gasteiger partial charge is 0.388 e. The molecule has 16 heavy (non-hydrogen) atoms. The molecule has 1 amide bonds. The molecular formula is C12H26N2O2. The van der Waals surface area contributed by atoms with E-state index in [1.807, 2.05) is 20.8 Å². The van der Waals surface area contributed by atoms with E-state index in [1.165, 1.54) is 0 Å². The second-order valence-corrected chi connectivity index (χ2v) is 4.40. The average Bonchev–Trinajstić information content (AvgIpc) is 2.32. The minimum absolute atomic E-state index is 0.0550. The Labute approximate surface area is 98.8 Å². The molecule has 4 nitrogen and oxygen atoms in total. The van der Waals surface area contributed by atoms with Crippen LogP contribution < -0.4 is 10.6 Å². The molecule has 0 heterocycles. The molecule has 0 rings (SSSR count). The molecule has 1 atom stereocenters. The molecule has 0 saturated carbocycles. The summed E-state index contributed by atoms with van der Waals surface area (Å²) in [6, 6.07) is 0.349. The standard InChI is InChI=1S/C12H26N2O2/c1-5-10(4)13-8-11(15)14-9-12(16,6-2)7-3/h10,13,16H,5-9H2,1-4H3,(H,14,15). The average molecular weight is 230 g/mol. The molecule has 0 radical (unpaired) electrons. The second-order valence-electron chi connectivity index (χ2n) is 4.40. The number of hydrogen-bond donors (Lipinski definition) is 3. The summed E-state index contributed by atoms with van der Waals surface area (Å²) in [7, 11) is 0. The molecule has 0 fully saturated rings. The van der Waals surface area contributed by atoms with Gasteiger partial charge in [-0.1, -0.05) is 20.8 Å². The van der Waals surface area contributed by atoms with Gasteiger partial charge in [-0.05, 0) is 26.2 Å². The van der Waals surface area contributed by atoms with E-state index < -0.39 is 5.60 Å². The molecular weight excluding hydrogens is 204 g/mol. The molecule has 1 unspecified atom stereocenters. The number of carbonyl (C=O) groups is 1. The first-order valence-electron chi connectivity index (χ1n) is 6.19. The van der Waals surface area contributed by atoms with Gasteiger partial charge in [-0.15, -0.1) is 0 Å². The summed E-state index contributed by atoms with van der Waals surface area (Å²) in [5.74, 6) is -0.0550. The van der Waals surface area contributed by atoms with Gasteiger partial charge < -0.3 is 15.7 Å². The topological polar surface area (TPSA) is 61.4 Å². The van der Waals surface area contributed by atoms with Gasteiger partial charge in [0.05, 0.1) is 12.1 Å². The number of amides is 1. The van der Waals surface area contributed by atoms with Gasteiger partial charge in [0.25, 0.3) is 0 Å². The maximum atomic E-state index is 11.5. The lowest BCUT2D eigenvalue weighted by Gasteiger charge is -2.25. The quantitative estimate of drug-likeness (QED) is 0.584. The highest BCUT2D eigenvalue weighted by molar-refractivity contribution is 5.78. The van der Waals surface area contributed by atoms with Crippen LogP contribution in [0.2, 0.25) is 0 Å². The van der Waals surface area contributed by atoms with E-state index in [1.54, 1.807) is 0 Å². The van der Waals surface area contributed by atoms with Crippen molar-refractivity contribution in [1.82, 2.24) is 10.6 Å². The summed E-state index contributed by atoms with van der Waals surface area (Å²) in [6.45, 7) is 8.61. The minimum atomic E-state index is -0.758. The van der Waals surface area contributed by atoms with E-state index in [-0.39, 0.29) is 5.91 Å². The van der Waals surface area contributed by atoms with Gasteiger partial charge in [-0.2, -0.15) is 0 Å². The third-order valence-electron chi connectivity index (χ3n) is 3.15. The van der Waals surface area contributed by atoms with Crippen LogP contribution in [0.1, 0.15) is 47.0 Å². The Hall–Kier alpha value is -0.610. The third-order valence-corrected chi connectivity index (χ3v) is 3.15. The van der Waals surface area contributed by atoms with Gasteiger partial charge >= 0.3 is 0 Å². The fourth-order valence-corrected chi connectivity index (χ4v) is 1.24. The Kier molecular flexibility index (Phi) is 7.34. The summed E-state index contributed by atoms with van der Waals surface area (Å²) < 4.78 is 0. The number of carbonyl (C=O) groups excluding carboxylic acids is 1. The van der Waals surface area contributed by atoms with Crippen molar-refractivity contribution in [3.8, 4) is 0 Å². The molecule has 0 aliphatic rings. The number of hydrogen-bond acceptors (Lipinski definition) is 3. The number of rotatable bonds is 8. The monoisotopic (exact) mass is 230 g/mol. The Morgan fingerprint density at radius 2 is 1.88 bits per heavy atom. The number of aliphatic hydroxyl groups is 1. The molecule has 96 valence electrons. The highest BCUT2D eigenvalue weighted by atomic mass is 16.3. The van der Waals surface area contributed by atoms with Crippen LogP contribution in [0.5, 0.6) is 0 Å². The Balaban J connectivity index is 3.80. The van der Waals surface area contributed by atoms with E-state index >= 15 is 0 Å². The predicted molar refractivity (Wildman–Crippen MR) is 66.3 cm³/mol. The Morgan fingerprint density at radius 3 is 2.31 bits per heavy atom. The lowest BCUT2D eigenvalue weighted by Crippen LogP contribution is -2.45. The summed E-state index contributed by atoms with van der Waals surface area (Å²) in [4.78, 5) is 11.5. The molecule has 0 spiro atoms. The maximum Gasteiger partial charge on any atom is 0.234 e. The smallest absolute Gasteiger partial charge is 0.234 e. The first kappa shape index (κ1) is 15.4. The van der Waals surface area contributed by atoms with Crippen molar-refractivity contribution >= 4 is 5.91 Å². The van der Waals surface area contributed by atoms with Gasteiger partial charge in [-0.3, -0.25) is 4.79 Å². The molecule has 3 N–H and O–H groups in total. The van der Waals surface area contributed by atoms with Gasteiger partial charge in [0.2, 0.25) is 5.91 Å². The maximum absolute atomic E-state index is 11.5. The molecule has 0 aliphatic carbocycles. The summed E-state index contributed by atoms with van der Waals surface area (Å²) >= 11 is 0. The zero-order chi connectivity index (χ0) is 12.6. The van der Waals surface area contributed by atoms with Gasteiger partial charge in [0, 0.05) is 12.6 Å². The second kappa shape index (κ2) is 7.63. The van der Waals surface area contributed by atoms with Crippen LogP contribution in [0, 0.1) is 0 Å². The fourth-order valence-electron chi connectivity index (χ4n) is 1.24. The van der Waals surface area contributed by atoms with E-state index in [0.29, 0.717) is 32.0 Å². The lowest BCUT2D eigenvalue weighted by atomic mass is 9.98. The van der Waals surface area contributed by atoms with E-state index in [0.717, 1.165) is 6.42 Å². The van der Waals surface area contributed by atoms with E-state index in [4.69, 9.17) is 0 Å². The highest BCUT2D eigenvalue weighted by Crippen LogP contribution is 2.12. The van der Waals surface area contributed by atoms with Crippen LogP contribution in [0.4, 0.5) is 0 Å². The van der Waals surface area contributed by atoms with Crippen molar-refractivity contribution in [1.29, 1.82) is 0 Å². The van der Waals surface area contributed by atoms with Gasteiger partial charge in [0.1, 0.15) is 0 Å². The van der Waals surface area contributed by atoms with Crippen LogP contribution >= 0.6 is 0 Å². The van der Waals surface area contributed by atoms with Crippen LogP contribution in [0.25, 0.3) is 0 Å². The summed E-state index contributed by atoms with van der Waals surface area (Å²) in [5.41, 5.74) is -0.758. The van der Waals surface area contributed by atoms with Crippen molar-refractivity contribution in [3.63, 3.8) is 0 Å². The summed E-state index contributed by atoms with van der Waals surface area (Å²) in [5, 5.41) is 15.8. The fraction of sp³-hybridized carbons (Fsp3) is 0.917. The van der Waals surface area contributed by atoms with Crippen LogP contribution in [0.3, 0.4) is 0 Å². The van der Waals surface area contributed by atoms with Crippen molar-refractivity contribution in [2.45, 2.75) is 58.6 Å². The summed E-state index contributed by atoms with van der Waals surface area (Å²) in [6.07, 6.45) is 2.31. The van der Waals surface area contributed by atoms with Crippen molar-refractivity contribution in [2.24, 2.45) is 0 Å². The van der Waals surface area contributed by atoms with Gasteiger partial charge in [0.15, 0.2) is 0 Å². The van der Waals surface area contributed by atoms with E-state index in [2.05, 4.69) is 17.6 Å². The van der Waals surface area contributed by atoms with Gasteiger partial charge in [-0.25, -0.2) is 0 Å². The predicted octanol–water partition coefficient (Wildman–Crippen LogP) is 1.04. The highest BCUT2D eigenvalue weighted by Gasteiger charge is 2.22. The van der Waals surface area contributed by atoms with Crippen molar-refractivity contribution in [2.75, 3.05) is 13.1 Å². The van der Waals surface area contributed by atoms with Crippen LogP contribution in [-0.2, 0) is 4.79 Å².